The number of allylic oxidation sites excluding steroid dienone is 1. The Morgan fingerprint density at radius 1 is 0.914 bits per heavy atom. The first kappa shape index (κ1) is 23.9. The van der Waals surface area contributed by atoms with Crippen LogP contribution in [-0.4, -0.2) is 24.8 Å². The topological polar surface area (TPSA) is 96.5 Å². The quantitative estimate of drug-likeness (QED) is 0.313. The van der Waals surface area contributed by atoms with Crippen LogP contribution in [0.4, 0.5) is 30.6 Å². The number of hydrogen-bond acceptors (Lipinski definition) is 4. The Hall–Kier alpha value is -4.24. The summed E-state index contributed by atoms with van der Waals surface area (Å²) in [5.74, 6) is -3.63. The molecule has 4 rings (SSSR count). The maximum absolute atomic E-state index is 13.5. The van der Waals surface area contributed by atoms with Gasteiger partial charge >= 0.3 is 6.03 Å². The molecule has 3 amide bonds. The number of rotatable bonds is 6. The molecule has 0 heterocycles. The minimum absolute atomic E-state index is 0.138. The molecule has 1 aliphatic rings. The predicted octanol–water partition coefficient (Wildman–Crippen LogP) is 5.42. The van der Waals surface area contributed by atoms with E-state index in [0.29, 0.717) is 12.0 Å². The van der Waals surface area contributed by atoms with Gasteiger partial charge in [-0.1, -0.05) is 41.9 Å². The third-order valence-corrected chi connectivity index (χ3v) is 5.56. The minimum Gasteiger partial charge on any atom is -0.495 e. The van der Waals surface area contributed by atoms with Crippen LogP contribution in [0.25, 0.3) is 5.57 Å². The maximum atomic E-state index is 13.5. The van der Waals surface area contributed by atoms with Crippen LogP contribution < -0.4 is 20.7 Å². The largest absolute Gasteiger partial charge is 0.495 e. The van der Waals surface area contributed by atoms with Gasteiger partial charge < -0.3 is 20.7 Å². The van der Waals surface area contributed by atoms with Crippen LogP contribution in [0.3, 0.4) is 0 Å². The van der Waals surface area contributed by atoms with E-state index in [4.69, 9.17) is 16.3 Å². The lowest BCUT2D eigenvalue weighted by atomic mass is 10.0. The number of urea groups is 1. The zero-order valence-electron chi connectivity index (χ0n) is 18.2. The highest BCUT2D eigenvalue weighted by atomic mass is 35.5. The van der Waals surface area contributed by atoms with Gasteiger partial charge in [0.15, 0.2) is 11.6 Å². The highest BCUT2D eigenvalue weighted by Crippen LogP contribution is 2.31. The van der Waals surface area contributed by atoms with E-state index in [2.05, 4.69) is 16.0 Å². The number of nitrogens with one attached hydrogen (secondary N) is 3. The molecule has 0 fully saturated rings. The van der Waals surface area contributed by atoms with Gasteiger partial charge in [-0.05, 0) is 41.8 Å². The van der Waals surface area contributed by atoms with Gasteiger partial charge in [-0.3, -0.25) is 9.59 Å². The van der Waals surface area contributed by atoms with E-state index in [1.54, 1.807) is 18.2 Å². The van der Waals surface area contributed by atoms with Crippen LogP contribution in [0.1, 0.15) is 11.1 Å². The van der Waals surface area contributed by atoms with Crippen molar-refractivity contribution in [2.75, 3.05) is 23.1 Å². The van der Waals surface area contributed by atoms with Gasteiger partial charge in [0, 0.05) is 17.3 Å². The number of carbonyl (C=O) groups excluding carboxylic acids is 3. The van der Waals surface area contributed by atoms with Crippen LogP contribution in [0.15, 0.2) is 60.7 Å². The van der Waals surface area contributed by atoms with Gasteiger partial charge in [0.1, 0.15) is 5.75 Å². The number of benzene rings is 3. The molecule has 3 N–H and O–H groups in total. The Labute approximate surface area is 203 Å². The van der Waals surface area contributed by atoms with Crippen molar-refractivity contribution in [1.29, 1.82) is 0 Å². The SMILES string of the molecule is COc1ccc(NC(=O)C(=O)C2=CCc3ccccc32)cc1NC(=O)Nc1cc(F)c(F)cc1Cl. The van der Waals surface area contributed by atoms with Crippen molar-refractivity contribution in [1.82, 2.24) is 0 Å². The Bertz CT molecular complexity index is 1390. The van der Waals surface area contributed by atoms with Gasteiger partial charge in [0.25, 0.3) is 11.7 Å². The summed E-state index contributed by atoms with van der Waals surface area (Å²) in [7, 11) is 1.37. The van der Waals surface area contributed by atoms with Gasteiger partial charge in [-0.2, -0.15) is 0 Å². The average Bonchev–Trinajstić information content (AvgIpc) is 3.26. The molecular weight excluding hydrogens is 480 g/mol. The van der Waals surface area contributed by atoms with E-state index in [1.807, 2.05) is 12.1 Å². The van der Waals surface area contributed by atoms with Crippen molar-refractivity contribution in [3.05, 3.63) is 88.5 Å². The summed E-state index contributed by atoms with van der Waals surface area (Å²) in [5, 5.41) is 7.11. The molecule has 0 atom stereocenters. The zero-order chi connectivity index (χ0) is 25.1. The molecule has 35 heavy (non-hydrogen) atoms. The van der Waals surface area contributed by atoms with Crippen LogP contribution in [-0.2, 0) is 16.0 Å². The fourth-order valence-electron chi connectivity index (χ4n) is 3.59. The molecule has 0 aliphatic heterocycles. The smallest absolute Gasteiger partial charge is 0.323 e. The lowest BCUT2D eigenvalue weighted by Crippen LogP contribution is -2.24. The fraction of sp³-hybridized carbons (Fsp3) is 0.0800. The number of Topliss-reactive ketones (excluding diaryl/α,β-unsaturated/α-hetero) is 1. The number of methoxy groups -OCH3 is 1. The Morgan fingerprint density at radius 3 is 2.40 bits per heavy atom. The van der Waals surface area contributed by atoms with E-state index in [0.717, 1.165) is 23.3 Å². The first-order valence-electron chi connectivity index (χ1n) is 10.3. The highest BCUT2D eigenvalue weighted by Gasteiger charge is 2.25. The van der Waals surface area contributed by atoms with Gasteiger partial charge in [0.05, 0.1) is 23.5 Å². The lowest BCUT2D eigenvalue weighted by molar-refractivity contribution is -0.131. The molecule has 10 heteroatoms. The third kappa shape index (κ3) is 5.15. The summed E-state index contributed by atoms with van der Waals surface area (Å²) in [6.45, 7) is 0. The number of carbonyl (C=O) groups is 3. The molecule has 0 bridgehead atoms. The van der Waals surface area contributed by atoms with E-state index < -0.39 is 29.4 Å². The summed E-state index contributed by atoms with van der Waals surface area (Å²) in [4.78, 5) is 37.8. The minimum atomic E-state index is -1.18. The molecule has 3 aromatic carbocycles. The summed E-state index contributed by atoms with van der Waals surface area (Å²) in [6, 6.07) is 12.3. The van der Waals surface area contributed by atoms with E-state index in [1.165, 1.54) is 25.3 Å². The molecule has 0 unspecified atom stereocenters. The third-order valence-electron chi connectivity index (χ3n) is 5.25. The number of ketones is 1. The summed E-state index contributed by atoms with van der Waals surface area (Å²) in [6.07, 6.45) is 2.28. The van der Waals surface area contributed by atoms with Crippen molar-refractivity contribution in [2.24, 2.45) is 0 Å². The van der Waals surface area contributed by atoms with Gasteiger partial charge in [-0.25, -0.2) is 13.6 Å². The maximum Gasteiger partial charge on any atom is 0.323 e. The molecule has 1 aliphatic carbocycles. The standard InChI is InChI=1S/C25H18ClF2N3O4/c1-35-22-9-7-14(29-24(33)23(32)16-8-6-13-4-2-3-5-15(13)16)10-21(22)31-25(34)30-20-12-19(28)18(27)11-17(20)26/h2-5,7-12H,6H2,1H3,(H,29,33)(H2,30,31,34). The monoisotopic (exact) mass is 497 g/mol. The van der Waals surface area contributed by atoms with Crippen LogP contribution in [0.2, 0.25) is 5.02 Å². The lowest BCUT2D eigenvalue weighted by Gasteiger charge is -2.14. The molecule has 7 nitrogen and oxygen atoms in total. The van der Waals surface area contributed by atoms with Crippen molar-refractivity contribution >= 4 is 52.0 Å². The molecule has 0 radical (unpaired) electrons. The molecule has 3 aromatic rings. The second-order valence-electron chi connectivity index (χ2n) is 7.50. The zero-order valence-corrected chi connectivity index (χ0v) is 19.0. The van der Waals surface area contributed by atoms with Crippen molar-refractivity contribution in [3.63, 3.8) is 0 Å². The van der Waals surface area contributed by atoms with Gasteiger partial charge in [-0.15, -0.1) is 0 Å². The normalized spacial score (nSPS) is 11.8. The van der Waals surface area contributed by atoms with E-state index in [9.17, 15) is 23.2 Å². The first-order valence-corrected chi connectivity index (χ1v) is 10.7. The van der Waals surface area contributed by atoms with Crippen molar-refractivity contribution in [3.8, 4) is 5.75 Å². The summed E-state index contributed by atoms with van der Waals surface area (Å²) in [5.41, 5.74) is 2.22. The second kappa shape index (κ2) is 9.94. The molecule has 0 saturated carbocycles. The molecule has 178 valence electrons. The number of amides is 3. The number of fused-ring (bicyclic) bond motifs is 1. The van der Waals surface area contributed by atoms with Crippen LogP contribution in [0, 0.1) is 11.6 Å². The number of hydrogen-bond donors (Lipinski definition) is 3. The second-order valence-corrected chi connectivity index (χ2v) is 7.91. The molecule has 0 spiro atoms. The number of anilines is 3. The Kier molecular flexibility index (Phi) is 6.79. The van der Waals surface area contributed by atoms with E-state index in [-0.39, 0.29) is 27.8 Å². The summed E-state index contributed by atoms with van der Waals surface area (Å²) >= 11 is 5.85. The molecule has 0 aromatic heterocycles. The van der Waals surface area contributed by atoms with Crippen LogP contribution in [0.5, 0.6) is 5.75 Å². The Balaban J connectivity index is 1.48. The fourth-order valence-corrected chi connectivity index (χ4v) is 3.78. The highest BCUT2D eigenvalue weighted by molar-refractivity contribution is 6.56. The Morgan fingerprint density at radius 2 is 1.63 bits per heavy atom. The van der Waals surface area contributed by atoms with Gasteiger partial charge in [0.2, 0.25) is 0 Å². The number of halogens is 3. The van der Waals surface area contributed by atoms with Crippen LogP contribution >= 0.6 is 11.6 Å². The molecular formula is C25H18ClF2N3O4. The average molecular weight is 498 g/mol. The number of ether oxygens (including phenoxy) is 1. The first-order chi connectivity index (χ1) is 16.8. The summed E-state index contributed by atoms with van der Waals surface area (Å²) < 4.78 is 32.0. The van der Waals surface area contributed by atoms with Crippen molar-refractivity contribution in [2.45, 2.75) is 6.42 Å². The van der Waals surface area contributed by atoms with Crippen molar-refractivity contribution < 1.29 is 27.9 Å². The van der Waals surface area contributed by atoms with E-state index >= 15 is 0 Å². The predicted molar refractivity (Wildman–Crippen MR) is 129 cm³/mol. The molecule has 0 saturated heterocycles.